The highest BCUT2D eigenvalue weighted by Crippen LogP contribution is 2.28. The highest BCUT2D eigenvalue weighted by Gasteiger charge is 2.23. The molecule has 0 bridgehead atoms. The third-order valence-electron chi connectivity index (χ3n) is 5.49. The Morgan fingerprint density at radius 1 is 1.09 bits per heavy atom. The summed E-state index contributed by atoms with van der Waals surface area (Å²) in [4.78, 5) is 36.4. The molecule has 1 atom stereocenters. The number of aryl methyl sites for hydroxylation is 1. The Kier molecular flexibility index (Phi) is 7.69. The lowest BCUT2D eigenvalue weighted by Crippen LogP contribution is -2.45. The maximum atomic E-state index is 13.1. The largest absolute Gasteiger partial charge is 0.356 e. The number of benzene rings is 1. The van der Waals surface area contributed by atoms with Gasteiger partial charge in [-0.25, -0.2) is 4.98 Å². The molecule has 0 spiro atoms. The van der Waals surface area contributed by atoms with Crippen molar-refractivity contribution in [2.24, 2.45) is 7.05 Å². The fourth-order valence-corrected chi connectivity index (χ4v) is 4.32. The molecule has 2 N–H and O–H groups in total. The first-order valence-corrected chi connectivity index (χ1v) is 12.1. The first-order chi connectivity index (χ1) is 16.9. The van der Waals surface area contributed by atoms with Crippen LogP contribution in [0.5, 0.6) is 0 Å². The van der Waals surface area contributed by atoms with E-state index in [0.717, 1.165) is 22.4 Å². The Balaban J connectivity index is 1.47. The molecule has 1 aromatic carbocycles. The van der Waals surface area contributed by atoms with Gasteiger partial charge in [-0.15, -0.1) is 11.3 Å². The number of pyridine rings is 1. The predicted octanol–water partition coefficient (Wildman–Crippen LogP) is 3.90. The highest BCUT2D eigenvalue weighted by molar-refractivity contribution is 7.14. The average molecular weight is 489 g/mol. The Morgan fingerprint density at radius 3 is 2.57 bits per heavy atom. The number of hydrogen-bond donors (Lipinski definition) is 2. The van der Waals surface area contributed by atoms with Crippen LogP contribution in [0.15, 0.2) is 72.6 Å². The first-order valence-electron chi connectivity index (χ1n) is 11.2. The summed E-state index contributed by atoms with van der Waals surface area (Å²) < 4.78 is 1.80. The van der Waals surface area contributed by atoms with Crippen molar-refractivity contribution in [2.75, 3.05) is 26.0 Å². The summed E-state index contributed by atoms with van der Waals surface area (Å²) in [6.45, 7) is 0.651. The Labute approximate surface area is 208 Å². The van der Waals surface area contributed by atoms with Crippen molar-refractivity contribution < 1.29 is 9.59 Å². The molecule has 2 amide bonds. The summed E-state index contributed by atoms with van der Waals surface area (Å²) >= 11 is 1.36. The minimum atomic E-state index is -0.688. The number of carbonyl (C=O) groups excluding carboxylic acids is 2. The SMILES string of the molecule is CN(C)CCC(NC(=O)c1ccn(C)c1)C(=O)Nc1nc(-c2cccc(-c3ccncc3)c2)cs1. The zero-order valence-corrected chi connectivity index (χ0v) is 20.7. The van der Waals surface area contributed by atoms with Crippen LogP contribution in [0.25, 0.3) is 22.4 Å². The highest BCUT2D eigenvalue weighted by atomic mass is 32.1. The molecule has 35 heavy (non-hydrogen) atoms. The standard InChI is InChI=1S/C26H28N6O2S/c1-31(2)13-10-22(28-24(33)21-9-14-32(3)16-21)25(34)30-26-29-23(17-35-26)20-6-4-5-19(15-20)18-7-11-27-12-8-18/h4-9,11-12,14-17,22H,10,13H2,1-3H3,(H,28,33)(H,29,30,34). The van der Waals surface area contributed by atoms with Gasteiger partial charge in [0.25, 0.3) is 5.91 Å². The number of carbonyl (C=O) groups is 2. The fourth-order valence-electron chi connectivity index (χ4n) is 3.59. The van der Waals surface area contributed by atoms with Crippen molar-refractivity contribution in [3.63, 3.8) is 0 Å². The van der Waals surface area contributed by atoms with Gasteiger partial charge in [0.1, 0.15) is 6.04 Å². The van der Waals surface area contributed by atoms with Crippen molar-refractivity contribution in [2.45, 2.75) is 12.5 Å². The number of hydrogen-bond acceptors (Lipinski definition) is 6. The van der Waals surface area contributed by atoms with Gasteiger partial charge in [-0.05, 0) is 62.5 Å². The lowest BCUT2D eigenvalue weighted by molar-refractivity contribution is -0.118. The molecule has 0 aliphatic carbocycles. The third kappa shape index (κ3) is 6.40. The van der Waals surface area contributed by atoms with Crippen molar-refractivity contribution >= 4 is 28.3 Å². The van der Waals surface area contributed by atoms with E-state index in [1.54, 1.807) is 35.4 Å². The second-order valence-corrected chi connectivity index (χ2v) is 9.39. The van der Waals surface area contributed by atoms with Crippen LogP contribution in [0.2, 0.25) is 0 Å². The van der Waals surface area contributed by atoms with Crippen molar-refractivity contribution in [3.05, 3.63) is 78.2 Å². The lowest BCUT2D eigenvalue weighted by atomic mass is 10.0. The van der Waals surface area contributed by atoms with E-state index >= 15 is 0 Å². The summed E-state index contributed by atoms with van der Waals surface area (Å²) in [5.74, 6) is -0.570. The van der Waals surface area contributed by atoms with Gasteiger partial charge in [-0.1, -0.05) is 18.2 Å². The molecular formula is C26H28N6O2S. The number of anilines is 1. The second-order valence-electron chi connectivity index (χ2n) is 8.53. The predicted molar refractivity (Wildman–Crippen MR) is 139 cm³/mol. The molecular weight excluding hydrogens is 460 g/mol. The molecule has 0 aliphatic rings. The van der Waals surface area contributed by atoms with Gasteiger partial charge in [0.2, 0.25) is 5.91 Å². The molecule has 3 aromatic heterocycles. The van der Waals surface area contributed by atoms with Crippen LogP contribution in [0.1, 0.15) is 16.8 Å². The smallest absolute Gasteiger partial charge is 0.253 e. The van der Waals surface area contributed by atoms with Crippen LogP contribution < -0.4 is 10.6 Å². The molecule has 0 saturated heterocycles. The Bertz CT molecular complexity index is 1300. The number of rotatable bonds is 9. The monoisotopic (exact) mass is 488 g/mol. The number of nitrogens with one attached hydrogen (secondary N) is 2. The Hall–Kier alpha value is -3.82. The van der Waals surface area contributed by atoms with E-state index in [1.807, 2.05) is 61.8 Å². The topological polar surface area (TPSA) is 92.2 Å². The molecule has 0 saturated carbocycles. The number of nitrogens with zero attached hydrogens (tertiary/aromatic N) is 4. The summed E-state index contributed by atoms with van der Waals surface area (Å²) in [6, 6.07) is 13.0. The van der Waals surface area contributed by atoms with Crippen LogP contribution >= 0.6 is 11.3 Å². The maximum Gasteiger partial charge on any atom is 0.253 e. The molecule has 0 fully saturated rings. The minimum absolute atomic E-state index is 0.280. The van der Waals surface area contributed by atoms with Gasteiger partial charge < -0.3 is 20.1 Å². The third-order valence-corrected chi connectivity index (χ3v) is 6.24. The number of thiazole rings is 1. The van der Waals surface area contributed by atoms with E-state index in [9.17, 15) is 9.59 Å². The zero-order valence-electron chi connectivity index (χ0n) is 19.9. The molecule has 4 rings (SSSR count). The van der Waals surface area contributed by atoms with Gasteiger partial charge in [0.05, 0.1) is 11.3 Å². The second kappa shape index (κ2) is 11.1. The minimum Gasteiger partial charge on any atom is -0.356 e. The van der Waals surface area contributed by atoms with Crippen molar-refractivity contribution in [1.82, 2.24) is 24.8 Å². The summed E-state index contributed by atoms with van der Waals surface area (Å²) in [5.41, 5.74) is 4.39. The molecule has 1 unspecified atom stereocenters. The molecule has 9 heteroatoms. The zero-order chi connectivity index (χ0) is 24.8. The van der Waals surface area contributed by atoms with Gasteiger partial charge >= 0.3 is 0 Å². The fraction of sp³-hybridized carbons (Fsp3) is 0.231. The quantitative estimate of drug-likeness (QED) is 0.373. The molecule has 180 valence electrons. The number of aromatic nitrogens is 3. The van der Waals surface area contributed by atoms with E-state index in [2.05, 4.69) is 26.7 Å². The van der Waals surface area contributed by atoms with Crippen LogP contribution in [0, 0.1) is 0 Å². The van der Waals surface area contributed by atoms with E-state index < -0.39 is 6.04 Å². The molecule has 8 nitrogen and oxygen atoms in total. The number of amides is 2. The molecule has 4 aromatic rings. The van der Waals surface area contributed by atoms with Crippen LogP contribution in [0.3, 0.4) is 0 Å². The summed E-state index contributed by atoms with van der Waals surface area (Å²) in [6.07, 6.45) is 7.53. The summed E-state index contributed by atoms with van der Waals surface area (Å²) in [5, 5.41) is 8.16. The Morgan fingerprint density at radius 2 is 1.86 bits per heavy atom. The van der Waals surface area contributed by atoms with Crippen LogP contribution in [-0.2, 0) is 11.8 Å². The van der Waals surface area contributed by atoms with Crippen LogP contribution in [-0.4, -0.2) is 57.9 Å². The van der Waals surface area contributed by atoms with Crippen molar-refractivity contribution in [3.8, 4) is 22.4 Å². The normalized spacial score (nSPS) is 11.9. The van der Waals surface area contributed by atoms with Gasteiger partial charge in [0.15, 0.2) is 5.13 Å². The summed E-state index contributed by atoms with van der Waals surface area (Å²) in [7, 11) is 5.71. The van der Waals surface area contributed by atoms with E-state index in [0.29, 0.717) is 23.7 Å². The van der Waals surface area contributed by atoms with Gasteiger partial charge in [0, 0.05) is 42.8 Å². The maximum absolute atomic E-state index is 13.1. The van der Waals surface area contributed by atoms with Gasteiger partial charge in [-0.3, -0.25) is 14.6 Å². The lowest BCUT2D eigenvalue weighted by Gasteiger charge is -2.19. The van der Waals surface area contributed by atoms with Crippen LogP contribution in [0.4, 0.5) is 5.13 Å². The van der Waals surface area contributed by atoms with E-state index in [1.165, 1.54) is 11.3 Å². The van der Waals surface area contributed by atoms with E-state index in [4.69, 9.17) is 0 Å². The van der Waals surface area contributed by atoms with Crippen molar-refractivity contribution in [1.29, 1.82) is 0 Å². The first kappa shape index (κ1) is 24.3. The van der Waals surface area contributed by atoms with E-state index in [-0.39, 0.29) is 11.8 Å². The van der Waals surface area contributed by atoms with Gasteiger partial charge in [-0.2, -0.15) is 0 Å². The molecule has 3 heterocycles. The molecule has 0 radical (unpaired) electrons. The average Bonchev–Trinajstić information content (AvgIpc) is 3.51. The molecule has 0 aliphatic heterocycles.